The number of sulfonamides is 1. The summed E-state index contributed by atoms with van der Waals surface area (Å²) in [5, 5.41) is 4.17. The second-order valence-electron chi connectivity index (χ2n) is 5.32. The zero-order valence-corrected chi connectivity index (χ0v) is 15.0. The molecule has 0 amide bonds. The first-order valence-corrected chi connectivity index (χ1v) is 8.99. The fourth-order valence-electron chi connectivity index (χ4n) is 2.36. The molecule has 0 aliphatic carbocycles. The lowest BCUT2D eigenvalue weighted by atomic mass is 10.1. The maximum atomic E-state index is 13.8. The predicted molar refractivity (Wildman–Crippen MR) is 89.0 cm³/mol. The van der Waals surface area contributed by atoms with Gasteiger partial charge in [0.15, 0.2) is 0 Å². The van der Waals surface area contributed by atoms with Crippen molar-refractivity contribution in [1.82, 2.24) is 9.61 Å². The molecule has 2 heterocycles. The lowest BCUT2D eigenvalue weighted by Gasteiger charge is -2.15. The molecule has 1 aromatic carbocycles. The molecule has 0 aliphatic heterocycles. The quantitative estimate of drug-likeness (QED) is 0.645. The Morgan fingerprint density at radius 1 is 1.26 bits per heavy atom. The zero-order valence-electron chi connectivity index (χ0n) is 13.4. The van der Waals surface area contributed by atoms with Gasteiger partial charge in [0.2, 0.25) is 0 Å². The van der Waals surface area contributed by atoms with E-state index in [2.05, 4.69) is 5.10 Å². The Hall–Kier alpha value is -2.53. The van der Waals surface area contributed by atoms with E-state index in [4.69, 9.17) is 16.3 Å². The van der Waals surface area contributed by atoms with Crippen molar-refractivity contribution in [2.24, 2.45) is 0 Å². The van der Waals surface area contributed by atoms with E-state index in [1.54, 1.807) is 0 Å². The number of nitrogens with zero attached hydrogens (tertiary/aromatic N) is 2. The molecule has 0 spiro atoms. The molecule has 0 bridgehead atoms. The third-order valence-corrected chi connectivity index (χ3v) is 5.18. The summed E-state index contributed by atoms with van der Waals surface area (Å²) in [6.07, 6.45) is -2.56. The lowest BCUT2D eigenvalue weighted by molar-refractivity contribution is -0.140. The van der Waals surface area contributed by atoms with Gasteiger partial charge in [0.25, 0.3) is 10.0 Å². The van der Waals surface area contributed by atoms with Crippen molar-refractivity contribution in [3.05, 3.63) is 53.1 Å². The number of fused-ring (bicyclic) bond motifs is 1. The second-order valence-corrected chi connectivity index (χ2v) is 7.41. The van der Waals surface area contributed by atoms with Crippen molar-refractivity contribution in [1.29, 1.82) is 0 Å². The molecule has 12 heteroatoms. The first kappa shape index (κ1) is 19.2. The number of aromatic nitrogens is 2. The van der Waals surface area contributed by atoms with E-state index < -0.39 is 39.0 Å². The predicted octanol–water partition coefficient (Wildman–Crippen LogP) is 3.96. The van der Waals surface area contributed by atoms with Crippen LogP contribution in [-0.2, 0) is 16.2 Å². The molecule has 3 aromatic rings. The molecule has 1 N–H and O–H groups in total. The van der Waals surface area contributed by atoms with Crippen LogP contribution >= 0.6 is 11.6 Å². The van der Waals surface area contributed by atoms with Gasteiger partial charge < -0.3 is 4.74 Å². The largest absolute Gasteiger partial charge is 0.495 e. The molecule has 6 nitrogen and oxygen atoms in total. The van der Waals surface area contributed by atoms with Crippen LogP contribution in [0.4, 0.5) is 23.2 Å². The fraction of sp³-hybridized carbons (Fsp3) is 0.133. The van der Waals surface area contributed by atoms with Gasteiger partial charge in [-0.25, -0.2) is 17.3 Å². The van der Waals surface area contributed by atoms with Crippen LogP contribution in [-0.4, -0.2) is 25.1 Å². The van der Waals surface area contributed by atoms with Crippen LogP contribution in [0.2, 0.25) is 5.02 Å². The van der Waals surface area contributed by atoms with Gasteiger partial charge in [0, 0.05) is 12.3 Å². The van der Waals surface area contributed by atoms with Gasteiger partial charge in [0.1, 0.15) is 16.5 Å². The highest BCUT2D eigenvalue weighted by molar-refractivity contribution is 7.93. The number of benzene rings is 1. The fourth-order valence-corrected chi connectivity index (χ4v) is 3.70. The van der Waals surface area contributed by atoms with Gasteiger partial charge in [0.05, 0.1) is 35.1 Å². The Labute approximate surface area is 155 Å². The zero-order chi connectivity index (χ0) is 20.0. The molecule has 27 heavy (non-hydrogen) atoms. The Bertz CT molecular complexity index is 1130. The number of halogens is 5. The van der Waals surface area contributed by atoms with Crippen molar-refractivity contribution in [3.8, 4) is 5.75 Å². The number of ether oxygens (including phenoxy) is 1. The van der Waals surface area contributed by atoms with E-state index in [1.165, 1.54) is 22.8 Å². The Morgan fingerprint density at radius 3 is 2.59 bits per heavy atom. The first-order valence-electron chi connectivity index (χ1n) is 7.13. The van der Waals surface area contributed by atoms with Crippen molar-refractivity contribution in [2.75, 3.05) is 11.8 Å². The summed E-state index contributed by atoms with van der Waals surface area (Å²) >= 11 is 5.80. The monoisotopic (exact) mass is 423 g/mol. The summed E-state index contributed by atoms with van der Waals surface area (Å²) < 4.78 is 85.5. The SMILES string of the molecule is COc1cc(C(F)(F)F)c(F)cc1NS(=O)(=O)c1cnn2cc(Cl)ccc12. The molecule has 0 atom stereocenters. The molecule has 0 unspecified atom stereocenters. The number of hydrogen-bond donors (Lipinski definition) is 1. The summed E-state index contributed by atoms with van der Waals surface area (Å²) in [6.45, 7) is 0. The topological polar surface area (TPSA) is 72.7 Å². The van der Waals surface area contributed by atoms with Crippen LogP contribution in [0.25, 0.3) is 5.52 Å². The molecule has 144 valence electrons. The number of alkyl halides is 3. The van der Waals surface area contributed by atoms with E-state index in [0.717, 1.165) is 13.3 Å². The standard InChI is InChI=1S/C15H10ClF4N3O3S/c1-26-13-4-9(15(18,19)20)10(17)5-11(13)22-27(24,25)14-6-21-23-7-8(16)2-3-12(14)23/h2-7,22H,1H3. The maximum absolute atomic E-state index is 13.8. The number of hydrogen-bond acceptors (Lipinski definition) is 4. The van der Waals surface area contributed by atoms with E-state index in [-0.39, 0.29) is 10.4 Å². The second kappa shape index (κ2) is 6.57. The smallest absolute Gasteiger partial charge is 0.419 e. The molecule has 0 saturated carbocycles. The Balaban J connectivity index is 2.06. The summed E-state index contributed by atoms with van der Waals surface area (Å²) in [4.78, 5) is -0.276. The first-order chi connectivity index (χ1) is 12.5. The average molecular weight is 424 g/mol. The van der Waals surface area contributed by atoms with Crippen LogP contribution < -0.4 is 9.46 Å². The minimum absolute atomic E-state index is 0.165. The van der Waals surface area contributed by atoms with E-state index in [9.17, 15) is 26.0 Å². The molecule has 0 fully saturated rings. The van der Waals surface area contributed by atoms with Crippen LogP contribution in [0, 0.1) is 5.82 Å². The molecule has 0 radical (unpaired) electrons. The normalized spacial score (nSPS) is 12.4. The highest BCUT2D eigenvalue weighted by Crippen LogP contribution is 2.38. The minimum atomic E-state index is -4.96. The third kappa shape index (κ3) is 3.65. The molecule has 2 aromatic heterocycles. The van der Waals surface area contributed by atoms with Crippen molar-refractivity contribution < 1.29 is 30.7 Å². The summed E-state index contributed by atoms with van der Waals surface area (Å²) in [5.74, 6) is -2.14. The van der Waals surface area contributed by atoms with Crippen molar-refractivity contribution in [2.45, 2.75) is 11.1 Å². The van der Waals surface area contributed by atoms with Gasteiger partial charge in [-0.05, 0) is 18.2 Å². The minimum Gasteiger partial charge on any atom is -0.495 e. The molecular weight excluding hydrogens is 414 g/mol. The van der Waals surface area contributed by atoms with Crippen molar-refractivity contribution in [3.63, 3.8) is 0 Å². The van der Waals surface area contributed by atoms with E-state index in [1.807, 2.05) is 4.72 Å². The number of anilines is 1. The Kier molecular flexibility index (Phi) is 4.68. The van der Waals surface area contributed by atoms with Crippen molar-refractivity contribution >= 4 is 32.8 Å². The maximum Gasteiger partial charge on any atom is 0.419 e. The van der Waals surface area contributed by atoms with Crippen LogP contribution in [0.1, 0.15) is 5.56 Å². The average Bonchev–Trinajstić information content (AvgIpc) is 2.97. The van der Waals surface area contributed by atoms with Gasteiger partial charge in [-0.3, -0.25) is 4.72 Å². The molecular formula is C15H10ClF4N3O3S. The summed E-state index contributed by atoms with van der Waals surface area (Å²) in [6, 6.07) is 3.62. The van der Waals surface area contributed by atoms with Crippen LogP contribution in [0.3, 0.4) is 0 Å². The van der Waals surface area contributed by atoms with Gasteiger partial charge >= 0.3 is 6.18 Å². The van der Waals surface area contributed by atoms with E-state index >= 15 is 0 Å². The van der Waals surface area contributed by atoms with Crippen LogP contribution in [0.15, 0.2) is 41.6 Å². The highest BCUT2D eigenvalue weighted by Gasteiger charge is 2.35. The van der Waals surface area contributed by atoms with E-state index in [0.29, 0.717) is 17.2 Å². The van der Waals surface area contributed by atoms with Crippen LogP contribution in [0.5, 0.6) is 5.75 Å². The number of pyridine rings is 1. The molecule has 0 aliphatic rings. The lowest BCUT2D eigenvalue weighted by Crippen LogP contribution is -2.15. The summed E-state index contributed by atoms with van der Waals surface area (Å²) in [5.41, 5.74) is -1.90. The van der Waals surface area contributed by atoms with Gasteiger partial charge in [-0.15, -0.1) is 0 Å². The Morgan fingerprint density at radius 2 is 1.96 bits per heavy atom. The molecule has 0 saturated heterocycles. The number of rotatable bonds is 4. The third-order valence-electron chi connectivity index (χ3n) is 3.57. The van der Waals surface area contributed by atoms with Gasteiger partial charge in [-0.2, -0.15) is 18.3 Å². The summed E-state index contributed by atoms with van der Waals surface area (Å²) in [7, 11) is -3.28. The number of methoxy groups -OCH3 is 1. The van der Waals surface area contributed by atoms with Gasteiger partial charge in [-0.1, -0.05) is 11.6 Å². The molecule has 3 rings (SSSR count). The number of nitrogens with one attached hydrogen (secondary N) is 1. The highest BCUT2D eigenvalue weighted by atomic mass is 35.5.